The maximum absolute atomic E-state index is 12.5. The Labute approximate surface area is 147 Å². The quantitative estimate of drug-likeness (QED) is 0.907. The van der Waals surface area contributed by atoms with Gasteiger partial charge in [0, 0.05) is 24.0 Å². The summed E-state index contributed by atoms with van der Waals surface area (Å²) in [6.07, 6.45) is 0. The number of rotatable bonds is 5. The molecule has 126 valence electrons. The summed E-state index contributed by atoms with van der Waals surface area (Å²) in [6.45, 7) is 1.97. The van der Waals surface area contributed by atoms with Gasteiger partial charge in [0.1, 0.15) is 5.75 Å². The van der Waals surface area contributed by atoms with Gasteiger partial charge in [0.05, 0.1) is 0 Å². The smallest absolute Gasteiger partial charge is 0.260 e. The highest BCUT2D eigenvalue weighted by molar-refractivity contribution is 6.30. The Kier molecular flexibility index (Phi) is 5.38. The second kappa shape index (κ2) is 7.69. The Morgan fingerprint density at radius 3 is 2.50 bits per heavy atom. The Morgan fingerprint density at radius 2 is 1.83 bits per heavy atom. The molecule has 2 atom stereocenters. The Hall–Kier alpha value is -2.04. The van der Waals surface area contributed by atoms with E-state index in [1.165, 1.54) is 5.56 Å². The maximum atomic E-state index is 12.5. The molecular weight excluding hydrogens is 324 g/mol. The van der Waals surface area contributed by atoms with Crippen molar-refractivity contribution in [2.75, 3.05) is 26.2 Å². The molecule has 0 spiro atoms. The number of benzene rings is 2. The van der Waals surface area contributed by atoms with Crippen LogP contribution in [0.3, 0.4) is 0 Å². The van der Waals surface area contributed by atoms with Gasteiger partial charge in [-0.25, -0.2) is 0 Å². The fourth-order valence-electron chi connectivity index (χ4n) is 3.16. The lowest BCUT2D eigenvalue weighted by atomic mass is 9.89. The third kappa shape index (κ3) is 3.89. The number of hydrogen-bond acceptors (Lipinski definition) is 3. The normalized spacial score (nSPS) is 20.2. The summed E-state index contributed by atoms with van der Waals surface area (Å²) in [5, 5.41) is 0.643. The van der Waals surface area contributed by atoms with Crippen molar-refractivity contribution in [2.45, 2.75) is 5.92 Å². The molecule has 5 heteroatoms. The monoisotopic (exact) mass is 344 g/mol. The molecule has 0 radical (unpaired) electrons. The van der Waals surface area contributed by atoms with Gasteiger partial charge in [-0.15, -0.1) is 0 Å². The number of amides is 1. The molecule has 3 rings (SSSR count). The van der Waals surface area contributed by atoms with Crippen LogP contribution in [0.4, 0.5) is 0 Å². The first-order valence-electron chi connectivity index (χ1n) is 8.08. The molecule has 2 aromatic rings. The van der Waals surface area contributed by atoms with Crippen LogP contribution in [-0.4, -0.2) is 37.0 Å². The highest BCUT2D eigenvalue weighted by Gasteiger charge is 2.35. The van der Waals surface area contributed by atoms with E-state index in [4.69, 9.17) is 22.1 Å². The van der Waals surface area contributed by atoms with Crippen molar-refractivity contribution < 1.29 is 9.53 Å². The van der Waals surface area contributed by atoms with Crippen LogP contribution in [0, 0.1) is 5.92 Å². The number of carbonyl (C=O) groups is 1. The second-order valence-corrected chi connectivity index (χ2v) is 6.49. The number of ether oxygens (including phenoxy) is 1. The molecule has 1 saturated heterocycles. The Bertz CT molecular complexity index is 676. The molecule has 1 aliphatic heterocycles. The van der Waals surface area contributed by atoms with Crippen LogP contribution in [-0.2, 0) is 4.79 Å². The van der Waals surface area contributed by atoms with E-state index in [2.05, 4.69) is 12.1 Å². The molecule has 1 aliphatic rings. The molecule has 0 saturated carbocycles. The molecule has 4 nitrogen and oxygen atoms in total. The van der Waals surface area contributed by atoms with Crippen molar-refractivity contribution in [2.24, 2.45) is 11.7 Å². The average molecular weight is 345 g/mol. The Balaban J connectivity index is 1.60. The van der Waals surface area contributed by atoms with Gasteiger partial charge < -0.3 is 15.4 Å². The number of halogens is 1. The van der Waals surface area contributed by atoms with Crippen molar-refractivity contribution in [3.05, 3.63) is 65.2 Å². The summed E-state index contributed by atoms with van der Waals surface area (Å²) in [7, 11) is 0. The molecule has 0 aromatic heterocycles. The number of nitrogens with zero attached hydrogens (tertiary/aromatic N) is 1. The zero-order valence-electron chi connectivity index (χ0n) is 13.4. The van der Waals surface area contributed by atoms with E-state index < -0.39 is 0 Å². The molecule has 1 amide bonds. The fourth-order valence-corrected chi connectivity index (χ4v) is 3.28. The largest absolute Gasteiger partial charge is 0.484 e. The van der Waals surface area contributed by atoms with Crippen LogP contribution in [0.15, 0.2) is 54.6 Å². The van der Waals surface area contributed by atoms with Gasteiger partial charge in [-0.05, 0) is 42.3 Å². The zero-order valence-corrected chi connectivity index (χ0v) is 14.2. The zero-order chi connectivity index (χ0) is 16.9. The molecule has 1 heterocycles. The van der Waals surface area contributed by atoms with Crippen LogP contribution in [0.5, 0.6) is 5.75 Å². The number of likely N-dealkylation sites (tertiary alicyclic amines) is 1. The van der Waals surface area contributed by atoms with Crippen molar-refractivity contribution >= 4 is 17.5 Å². The molecule has 0 aliphatic carbocycles. The minimum atomic E-state index is -0.0122. The summed E-state index contributed by atoms with van der Waals surface area (Å²) in [4.78, 5) is 14.3. The lowest BCUT2D eigenvalue weighted by Gasteiger charge is -2.17. The summed E-state index contributed by atoms with van der Waals surface area (Å²) in [6, 6.07) is 17.3. The first kappa shape index (κ1) is 16.8. The summed E-state index contributed by atoms with van der Waals surface area (Å²) >= 11 is 5.84. The van der Waals surface area contributed by atoms with Gasteiger partial charge in [0.15, 0.2) is 6.61 Å². The average Bonchev–Trinajstić information content (AvgIpc) is 3.06. The number of hydrogen-bond donors (Lipinski definition) is 1. The molecule has 2 aromatic carbocycles. The summed E-state index contributed by atoms with van der Waals surface area (Å²) in [5.74, 6) is 1.20. The number of carbonyl (C=O) groups excluding carboxylic acids is 1. The second-order valence-electron chi connectivity index (χ2n) is 6.05. The fraction of sp³-hybridized carbons (Fsp3) is 0.316. The highest BCUT2D eigenvalue weighted by atomic mass is 35.5. The molecule has 0 bridgehead atoms. The maximum Gasteiger partial charge on any atom is 0.260 e. The van der Waals surface area contributed by atoms with E-state index >= 15 is 0 Å². The minimum absolute atomic E-state index is 0.0122. The minimum Gasteiger partial charge on any atom is -0.484 e. The summed E-state index contributed by atoms with van der Waals surface area (Å²) in [5.41, 5.74) is 7.16. The van der Waals surface area contributed by atoms with E-state index in [-0.39, 0.29) is 24.3 Å². The van der Waals surface area contributed by atoms with Gasteiger partial charge in [-0.2, -0.15) is 0 Å². The topological polar surface area (TPSA) is 55.6 Å². The molecular formula is C19H21ClN2O2. The van der Waals surface area contributed by atoms with Gasteiger partial charge >= 0.3 is 0 Å². The van der Waals surface area contributed by atoms with Crippen LogP contribution < -0.4 is 10.5 Å². The summed E-state index contributed by atoms with van der Waals surface area (Å²) < 4.78 is 5.56. The van der Waals surface area contributed by atoms with Crippen molar-refractivity contribution in [3.8, 4) is 5.75 Å². The van der Waals surface area contributed by atoms with Gasteiger partial charge in [-0.3, -0.25) is 4.79 Å². The first-order chi connectivity index (χ1) is 11.7. The van der Waals surface area contributed by atoms with E-state index in [9.17, 15) is 4.79 Å². The Morgan fingerprint density at radius 1 is 1.12 bits per heavy atom. The lowest BCUT2D eigenvalue weighted by Crippen LogP contribution is -2.33. The van der Waals surface area contributed by atoms with Crippen molar-refractivity contribution in [1.82, 2.24) is 4.90 Å². The highest BCUT2D eigenvalue weighted by Crippen LogP contribution is 2.32. The SMILES string of the molecule is NC[C@@H]1CN(C(=O)COc2ccc(Cl)cc2)C[C@H]1c1ccccc1. The van der Waals surface area contributed by atoms with Crippen LogP contribution in [0.25, 0.3) is 0 Å². The third-order valence-corrected chi connectivity index (χ3v) is 4.75. The van der Waals surface area contributed by atoms with Crippen LogP contribution >= 0.6 is 11.6 Å². The van der Waals surface area contributed by atoms with Gasteiger partial charge in [0.2, 0.25) is 0 Å². The van der Waals surface area contributed by atoms with Crippen molar-refractivity contribution in [1.29, 1.82) is 0 Å². The standard InChI is InChI=1S/C19H21ClN2O2/c20-16-6-8-17(9-7-16)24-13-19(23)22-11-15(10-21)18(12-22)14-4-2-1-3-5-14/h1-9,15,18H,10-13,21H2/t15-,18+/m1/s1. The first-order valence-corrected chi connectivity index (χ1v) is 8.46. The molecule has 1 fully saturated rings. The molecule has 24 heavy (non-hydrogen) atoms. The van der Waals surface area contributed by atoms with Crippen molar-refractivity contribution in [3.63, 3.8) is 0 Å². The molecule has 0 unspecified atom stereocenters. The van der Waals surface area contributed by atoms with E-state index in [0.717, 1.165) is 0 Å². The van der Waals surface area contributed by atoms with Crippen LogP contribution in [0.1, 0.15) is 11.5 Å². The van der Waals surface area contributed by atoms with E-state index in [1.54, 1.807) is 24.3 Å². The molecule has 2 N–H and O–H groups in total. The van der Waals surface area contributed by atoms with E-state index in [0.29, 0.717) is 30.4 Å². The predicted molar refractivity (Wildman–Crippen MR) is 95.3 cm³/mol. The van der Waals surface area contributed by atoms with E-state index in [1.807, 2.05) is 23.1 Å². The predicted octanol–water partition coefficient (Wildman–Crippen LogP) is 2.92. The van der Waals surface area contributed by atoms with Gasteiger partial charge in [-0.1, -0.05) is 41.9 Å². The number of nitrogens with two attached hydrogens (primary N) is 1. The van der Waals surface area contributed by atoms with Gasteiger partial charge in [0.25, 0.3) is 5.91 Å². The lowest BCUT2D eigenvalue weighted by molar-refractivity contribution is -0.132. The van der Waals surface area contributed by atoms with Crippen LogP contribution in [0.2, 0.25) is 5.02 Å². The third-order valence-electron chi connectivity index (χ3n) is 4.50.